The molecule has 2 aromatic carbocycles. The van der Waals surface area contributed by atoms with E-state index >= 15 is 0 Å². The Morgan fingerprint density at radius 1 is 0.846 bits per heavy atom. The van der Waals surface area contributed by atoms with Gasteiger partial charge in [-0.2, -0.15) is 0 Å². The summed E-state index contributed by atoms with van der Waals surface area (Å²) < 4.78 is 29.6. The highest BCUT2D eigenvalue weighted by Gasteiger charge is 2.21. The number of halogens is 2. The highest BCUT2D eigenvalue weighted by atomic mass is 32.1. The standard InChI is InChI=1S/C23H22F2S/c1-2-15-7-9-16(10-8-15)18-11-12-19(23(25)22(18)24)21-14-13-20(26-21)17-5-3-4-6-17/h7-14,17H,2-6H2,1H3. The van der Waals surface area contributed by atoms with Crippen LogP contribution in [0.2, 0.25) is 0 Å². The molecular formula is C23H22F2S. The molecular weight excluding hydrogens is 346 g/mol. The number of aryl methyl sites for hydroxylation is 1. The minimum absolute atomic E-state index is 0.321. The lowest BCUT2D eigenvalue weighted by Crippen LogP contribution is -1.93. The number of hydrogen-bond acceptors (Lipinski definition) is 1. The summed E-state index contributed by atoms with van der Waals surface area (Å²) in [6, 6.07) is 15.1. The van der Waals surface area contributed by atoms with Gasteiger partial charge in [0.05, 0.1) is 0 Å². The molecule has 0 spiro atoms. The fourth-order valence-corrected chi connectivity index (χ4v) is 5.01. The Bertz CT molecular complexity index is 902. The van der Waals surface area contributed by atoms with Crippen LogP contribution < -0.4 is 0 Å². The molecule has 3 heteroatoms. The summed E-state index contributed by atoms with van der Waals surface area (Å²) in [5.41, 5.74) is 2.58. The minimum atomic E-state index is -0.762. The van der Waals surface area contributed by atoms with Gasteiger partial charge in [0.25, 0.3) is 0 Å². The Morgan fingerprint density at radius 3 is 2.19 bits per heavy atom. The van der Waals surface area contributed by atoms with Crippen LogP contribution >= 0.6 is 11.3 Å². The van der Waals surface area contributed by atoms with Crippen molar-refractivity contribution in [2.75, 3.05) is 0 Å². The first kappa shape index (κ1) is 17.4. The first-order valence-electron chi connectivity index (χ1n) is 9.34. The van der Waals surface area contributed by atoms with Gasteiger partial charge in [0.1, 0.15) is 0 Å². The maximum absolute atomic E-state index is 14.8. The van der Waals surface area contributed by atoms with Crippen LogP contribution in [0, 0.1) is 11.6 Å². The molecule has 1 aliphatic carbocycles. The zero-order chi connectivity index (χ0) is 18.1. The molecule has 1 saturated carbocycles. The average molecular weight is 368 g/mol. The number of benzene rings is 2. The van der Waals surface area contributed by atoms with Gasteiger partial charge in [-0.25, -0.2) is 8.78 Å². The monoisotopic (exact) mass is 368 g/mol. The van der Waals surface area contributed by atoms with Crippen LogP contribution in [0.25, 0.3) is 21.6 Å². The van der Waals surface area contributed by atoms with E-state index in [9.17, 15) is 8.78 Å². The fraction of sp³-hybridized carbons (Fsp3) is 0.304. The average Bonchev–Trinajstić information content (AvgIpc) is 3.35. The molecule has 1 fully saturated rings. The molecule has 1 aromatic heterocycles. The second-order valence-electron chi connectivity index (χ2n) is 7.02. The molecule has 3 aromatic rings. The summed E-state index contributed by atoms with van der Waals surface area (Å²) in [6.45, 7) is 2.07. The van der Waals surface area contributed by atoms with Gasteiger partial charge in [-0.1, -0.05) is 50.1 Å². The van der Waals surface area contributed by atoms with Crippen molar-refractivity contribution in [3.05, 3.63) is 70.6 Å². The zero-order valence-corrected chi connectivity index (χ0v) is 15.7. The summed E-state index contributed by atoms with van der Waals surface area (Å²) in [5.74, 6) is -0.914. The van der Waals surface area contributed by atoms with Crippen molar-refractivity contribution < 1.29 is 8.78 Å². The van der Waals surface area contributed by atoms with Crippen LogP contribution in [0.3, 0.4) is 0 Å². The Labute approximate surface area is 157 Å². The van der Waals surface area contributed by atoms with Gasteiger partial charge >= 0.3 is 0 Å². The van der Waals surface area contributed by atoms with E-state index in [1.807, 2.05) is 30.3 Å². The summed E-state index contributed by atoms with van der Waals surface area (Å²) in [6.07, 6.45) is 5.89. The van der Waals surface area contributed by atoms with E-state index in [0.29, 0.717) is 22.6 Å². The van der Waals surface area contributed by atoms with E-state index in [4.69, 9.17) is 0 Å². The SMILES string of the molecule is CCc1ccc(-c2ccc(-c3ccc(C4CCCC4)s3)c(F)c2F)cc1. The lowest BCUT2D eigenvalue weighted by atomic mass is 10.00. The topological polar surface area (TPSA) is 0 Å². The molecule has 0 aliphatic heterocycles. The first-order chi connectivity index (χ1) is 12.7. The summed E-state index contributed by atoms with van der Waals surface area (Å²) >= 11 is 1.61. The van der Waals surface area contributed by atoms with Crippen LogP contribution in [-0.4, -0.2) is 0 Å². The second-order valence-corrected chi connectivity index (χ2v) is 8.14. The molecule has 0 saturated heterocycles. The molecule has 1 aliphatic rings. The van der Waals surface area contributed by atoms with Gasteiger partial charge in [0.2, 0.25) is 0 Å². The van der Waals surface area contributed by atoms with Gasteiger partial charge in [-0.15, -0.1) is 11.3 Å². The molecule has 0 atom stereocenters. The van der Waals surface area contributed by atoms with E-state index in [1.54, 1.807) is 23.5 Å². The molecule has 0 bridgehead atoms. The molecule has 26 heavy (non-hydrogen) atoms. The third-order valence-electron chi connectivity index (χ3n) is 5.41. The molecule has 1 heterocycles. The Kier molecular flexibility index (Phi) is 4.90. The van der Waals surface area contributed by atoms with E-state index in [2.05, 4.69) is 13.0 Å². The van der Waals surface area contributed by atoms with Crippen LogP contribution in [-0.2, 0) is 6.42 Å². The van der Waals surface area contributed by atoms with Crippen molar-refractivity contribution in [3.8, 4) is 21.6 Å². The second kappa shape index (κ2) is 7.32. The highest BCUT2D eigenvalue weighted by molar-refractivity contribution is 7.15. The van der Waals surface area contributed by atoms with E-state index < -0.39 is 11.6 Å². The summed E-state index contributed by atoms with van der Waals surface area (Å²) in [7, 11) is 0. The van der Waals surface area contributed by atoms with E-state index in [1.165, 1.54) is 36.1 Å². The van der Waals surface area contributed by atoms with Crippen molar-refractivity contribution in [2.24, 2.45) is 0 Å². The largest absolute Gasteiger partial charge is 0.203 e. The predicted molar refractivity (Wildman–Crippen MR) is 106 cm³/mol. The first-order valence-corrected chi connectivity index (χ1v) is 10.2. The molecule has 0 radical (unpaired) electrons. The maximum Gasteiger partial charge on any atom is 0.168 e. The maximum atomic E-state index is 14.8. The number of rotatable bonds is 4. The fourth-order valence-electron chi connectivity index (χ4n) is 3.81. The Balaban J connectivity index is 1.67. The van der Waals surface area contributed by atoms with Gasteiger partial charge in [0, 0.05) is 20.9 Å². The quantitative estimate of drug-likeness (QED) is 0.445. The number of thiophene rings is 1. The van der Waals surface area contributed by atoms with Gasteiger partial charge in [-0.3, -0.25) is 0 Å². The molecule has 0 amide bonds. The van der Waals surface area contributed by atoms with Crippen LogP contribution in [0.15, 0.2) is 48.5 Å². The van der Waals surface area contributed by atoms with Gasteiger partial charge in [-0.05, 0) is 54.5 Å². The molecule has 0 N–H and O–H groups in total. The lowest BCUT2D eigenvalue weighted by Gasteiger charge is -2.09. The highest BCUT2D eigenvalue weighted by Crippen LogP contribution is 2.41. The van der Waals surface area contributed by atoms with Gasteiger partial charge < -0.3 is 0 Å². The van der Waals surface area contributed by atoms with Crippen LogP contribution in [0.4, 0.5) is 8.78 Å². The van der Waals surface area contributed by atoms with Crippen molar-refractivity contribution in [1.29, 1.82) is 0 Å². The van der Waals surface area contributed by atoms with Crippen molar-refractivity contribution in [3.63, 3.8) is 0 Å². The van der Waals surface area contributed by atoms with Crippen LogP contribution in [0.5, 0.6) is 0 Å². The summed E-state index contributed by atoms with van der Waals surface area (Å²) in [5, 5.41) is 0. The molecule has 0 nitrogen and oxygen atoms in total. The third kappa shape index (κ3) is 3.21. The van der Waals surface area contributed by atoms with E-state index in [-0.39, 0.29) is 0 Å². The van der Waals surface area contributed by atoms with Crippen molar-refractivity contribution in [1.82, 2.24) is 0 Å². The Hall–Kier alpha value is -2.00. The lowest BCUT2D eigenvalue weighted by molar-refractivity contribution is 0.514. The smallest absolute Gasteiger partial charge is 0.168 e. The van der Waals surface area contributed by atoms with Gasteiger partial charge in [0.15, 0.2) is 11.6 Å². The summed E-state index contributed by atoms with van der Waals surface area (Å²) in [4.78, 5) is 2.12. The van der Waals surface area contributed by atoms with Crippen molar-refractivity contribution >= 4 is 11.3 Å². The van der Waals surface area contributed by atoms with Crippen LogP contribution in [0.1, 0.15) is 49.0 Å². The number of hydrogen-bond donors (Lipinski definition) is 0. The zero-order valence-electron chi connectivity index (χ0n) is 14.9. The predicted octanol–water partition coefficient (Wildman–Crippen LogP) is 7.58. The van der Waals surface area contributed by atoms with E-state index in [0.717, 1.165) is 11.3 Å². The van der Waals surface area contributed by atoms with Crippen molar-refractivity contribution in [2.45, 2.75) is 44.9 Å². The normalized spacial score (nSPS) is 14.9. The third-order valence-corrected chi connectivity index (χ3v) is 6.69. The minimum Gasteiger partial charge on any atom is -0.203 e. The molecule has 0 unspecified atom stereocenters. The molecule has 134 valence electrons. The molecule has 4 rings (SSSR count). The Morgan fingerprint density at radius 2 is 1.50 bits per heavy atom.